The third-order valence-electron chi connectivity index (χ3n) is 2.35. The highest BCUT2D eigenvalue weighted by atomic mass is 79.9. The van der Waals surface area contributed by atoms with Crippen LogP contribution in [0, 0.1) is 6.92 Å². The van der Waals surface area contributed by atoms with Crippen LogP contribution in [0.1, 0.15) is 20.8 Å². The van der Waals surface area contributed by atoms with Crippen LogP contribution in [0.2, 0.25) is 5.02 Å². The average Bonchev–Trinajstić information content (AvgIpc) is 2.59. The summed E-state index contributed by atoms with van der Waals surface area (Å²) in [6.07, 6.45) is 0. The molecule has 0 aliphatic rings. The van der Waals surface area contributed by atoms with Gasteiger partial charge < -0.3 is 5.73 Å². The van der Waals surface area contributed by atoms with Crippen LogP contribution >= 0.6 is 38.9 Å². The summed E-state index contributed by atoms with van der Waals surface area (Å²) in [7, 11) is 0. The summed E-state index contributed by atoms with van der Waals surface area (Å²) in [6.45, 7) is 1.94. The third-order valence-corrected chi connectivity index (χ3v) is 4.80. The van der Waals surface area contributed by atoms with E-state index in [0.29, 0.717) is 21.2 Å². The van der Waals surface area contributed by atoms with Crippen LogP contribution in [0.3, 0.4) is 0 Å². The van der Waals surface area contributed by atoms with E-state index in [-0.39, 0.29) is 5.78 Å². The molecule has 88 valence electrons. The van der Waals surface area contributed by atoms with Gasteiger partial charge in [0.1, 0.15) is 0 Å². The maximum absolute atomic E-state index is 12.3. The van der Waals surface area contributed by atoms with E-state index in [2.05, 4.69) is 15.9 Å². The second-order valence-electron chi connectivity index (χ2n) is 3.60. The van der Waals surface area contributed by atoms with Gasteiger partial charge in [0, 0.05) is 5.69 Å². The Morgan fingerprint density at radius 1 is 1.47 bits per heavy atom. The molecule has 2 rings (SSSR count). The summed E-state index contributed by atoms with van der Waals surface area (Å²) in [6, 6.07) is 6.90. The highest BCUT2D eigenvalue weighted by Crippen LogP contribution is 2.32. The summed E-state index contributed by atoms with van der Waals surface area (Å²) in [5.41, 5.74) is 7.61. The van der Waals surface area contributed by atoms with E-state index in [9.17, 15) is 4.79 Å². The van der Waals surface area contributed by atoms with Crippen LogP contribution in [-0.2, 0) is 0 Å². The molecular weight excluding hydrogens is 322 g/mol. The number of rotatable bonds is 2. The van der Waals surface area contributed by atoms with Crippen LogP contribution in [-0.4, -0.2) is 5.78 Å². The molecule has 0 amide bonds. The molecule has 0 atom stereocenters. The fraction of sp³-hybridized carbons (Fsp3) is 0.0833. The van der Waals surface area contributed by atoms with Crippen LogP contribution in [0.25, 0.3) is 0 Å². The molecule has 2 aromatic rings. The summed E-state index contributed by atoms with van der Waals surface area (Å²) >= 11 is 10.8. The highest BCUT2D eigenvalue weighted by Gasteiger charge is 2.18. The molecule has 0 unspecified atom stereocenters. The van der Waals surface area contributed by atoms with Gasteiger partial charge in [0.2, 0.25) is 5.78 Å². The average molecular weight is 331 g/mol. The monoisotopic (exact) mass is 329 g/mol. The molecule has 5 heteroatoms. The minimum absolute atomic E-state index is 0.132. The Bertz CT molecular complexity index is 554. The van der Waals surface area contributed by atoms with Gasteiger partial charge in [-0.2, -0.15) is 0 Å². The molecule has 0 spiro atoms. The normalized spacial score (nSPS) is 10.5. The van der Waals surface area contributed by atoms with Crippen molar-refractivity contribution < 1.29 is 4.79 Å². The van der Waals surface area contributed by atoms with E-state index in [4.69, 9.17) is 17.3 Å². The number of benzene rings is 1. The lowest BCUT2D eigenvalue weighted by molar-refractivity contribution is 0.104. The van der Waals surface area contributed by atoms with E-state index < -0.39 is 0 Å². The lowest BCUT2D eigenvalue weighted by Crippen LogP contribution is -2.04. The highest BCUT2D eigenvalue weighted by molar-refractivity contribution is 9.11. The molecule has 0 saturated heterocycles. The molecule has 1 aromatic heterocycles. The van der Waals surface area contributed by atoms with Crippen molar-refractivity contribution in [3.63, 3.8) is 0 Å². The van der Waals surface area contributed by atoms with Gasteiger partial charge in [0.25, 0.3) is 0 Å². The Morgan fingerprint density at radius 3 is 2.71 bits per heavy atom. The topological polar surface area (TPSA) is 43.1 Å². The molecule has 2 nitrogen and oxygen atoms in total. The van der Waals surface area contributed by atoms with Crippen LogP contribution in [0.4, 0.5) is 5.69 Å². The van der Waals surface area contributed by atoms with Crippen LogP contribution < -0.4 is 5.73 Å². The number of hydrogen-bond donors (Lipinski definition) is 1. The van der Waals surface area contributed by atoms with Crippen molar-refractivity contribution in [3.05, 3.63) is 49.1 Å². The van der Waals surface area contributed by atoms with E-state index in [1.54, 1.807) is 18.2 Å². The molecule has 1 aromatic carbocycles. The zero-order chi connectivity index (χ0) is 12.6. The number of carbonyl (C=O) groups excluding carboxylic acids is 1. The second kappa shape index (κ2) is 4.80. The van der Waals surface area contributed by atoms with E-state index >= 15 is 0 Å². The molecular formula is C12H9BrClNOS. The molecule has 1 heterocycles. The van der Waals surface area contributed by atoms with Crippen molar-refractivity contribution in [2.45, 2.75) is 6.92 Å². The summed E-state index contributed by atoms with van der Waals surface area (Å²) in [5.74, 6) is -0.132. The van der Waals surface area contributed by atoms with Crippen molar-refractivity contribution in [3.8, 4) is 0 Å². The van der Waals surface area contributed by atoms with Gasteiger partial charge in [0.15, 0.2) is 0 Å². The van der Waals surface area contributed by atoms with Gasteiger partial charge in [-0.05, 0) is 46.6 Å². The Morgan fingerprint density at radius 2 is 2.18 bits per heavy atom. The number of hydrogen-bond acceptors (Lipinski definition) is 3. The van der Waals surface area contributed by atoms with Crippen molar-refractivity contribution >= 4 is 50.3 Å². The number of nitrogens with two attached hydrogens (primary N) is 1. The van der Waals surface area contributed by atoms with Crippen molar-refractivity contribution in [1.82, 2.24) is 0 Å². The number of thiophene rings is 1. The Labute approximate surface area is 117 Å². The first-order valence-electron chi connectivity index (χ1n) is 4.85. The lowest BCUT2D eigenvalue weighted by Gasteiger charge is -2.04. The van der Waals surface area contributed by atoms with E-state index in [0.717, 1.165) is 9.35 Å². The largest absolute Gasteiger partial charge is 0.398 e. The molecule has 0 radical (unpaired) electrons. The van der Waals surface area contributed by atoms with Crippen molar-refractivity contribution in [1.29, 1.82) is 0 Å². The predicted molar refractivity (Wildman–Crippen MR) is 76.1 cm³/mol. The molecule has 0 bridgehead atoms. The number of ketones is 1. The van der Waals surface area contributed by atoms with Crippen LogP contribution in [0.15, 0.2) is 28.1 Å². The zero-order valence-corrected chi connectivity index (χ0v) is 12.1. The van der Waals surface area contributed by atoms with Gasteiger partial charge in [-0.3, -0.25) is 4.79 Å². The van der Waals surface area contributed by atoms with Gasteiger partial charge >= 0.3 is 0 Å². The Kier molecular flexibility index (Phi) is 3.56. The Balaban J connectivity index is 2.51. The first-order chi connectivity index (χ1) is 8.00. The summed E-state index contributed by atoms with van der Waals surface area (Å²) in [5, 5.41) is 0.386. The zero-order valence-electron chi connectivity index (χ0n) is 8.96. The number of anilines is 1. The van der Waals surface area contributed by atoms with Gasteiger partial charge in [-0.15, -0.1) is 11.3 Å². The summed E-state index contributed by atoms with van der Waals surface area (Å²) in [4.78, 5) is 12.9. The number of carbonyl (C=O) groups is 1. The second-order valence-corrected chi connectivity index (χ2v) is 6.38. The van der Waals surface area contributed by atoms with Gasteiger partial charge in [-0.25, -0.2) is 0 Å². The smallest absolute Gasteiger partial charge is 0.206 e. The molecule has 0 fully saturated rings. The van der Waals surface area contributed by atoms with E-state index in [1.165, 1.54) is 11.3 Å². The summed E-state index contributed by atoms with van der Waals surface area (Å²) < 4.78 is 0.950. The SMILES string of the molecule is Cc1cc(C(=O)c2c(N)cccc2Cl)sc1Br. The first-order valence-corrected chi connectivity index (χ1v) is 6.84. The minimum atomic E-state index is -0.132. The predicted octanol–water partition coefficient (Wildman–Crippen LogP) is 4.29. The maximum Gasteiger partial charge on any atom is 0.206 e. The fourth-order valence-corrected chi connectivity index (χ4v) is 3.22. The Hall–Kier alpha value is -0.840. The standard InChI is InChI=1S/C12H9BrClNOS/c1-6-5-9(17-12(6)13)11(16)10-7(14)3-2-4-8(10)15/h2-5H,15H2,1H3. The van der Waals surface area contributed by atoms with E-state index in [1.807, 2.05) is 13.0 Å². The fourth-order valence-electron chi connectivity index (χ4n) is 1.48. The molecule has 2 N–H and O–H groups in total. The number of nitrogen functional groups attached to an aromatic ring is 1. The minimum Gasteiger partial charge on any atom is -0.398 e. The lowest BCUT2D eigenvalue weighted by atomic mass is 10.1. The number of aryl methyl sites for hydroxylation is 1. The van der Waals surface area contributed by atoms with Crippen molar-refractivity contribution in [2.24, 2.45) is 0 Å². The van der Waals surface area contributed by atoms with Crippen LogP contribution in [0.5, 0.6) is 0 Å². The van der Waals surface area contributed by atoms with Gasteiger partial charge in [0.05, 0.1) is 19.2 Å². The molecule has 0 saturated carbocycles. The first kappa shape index (κ1) is 12.6. The van der Waals surface area contributed by atoms with Gasteiger partial charge in [-0.1, -0.05) is 17.7 Å². The molecule has 0 aliphatic carbocycles. The quantitative estimate of drug-likeness (QED) is 0.659. The maximum atomic E-state index is 12.3. The third kappa shape index (κ3) is 2.39. The number of halogens is 2. The van der Waals surface area contributed by atoms with Crippen molar-refractivity contribution in [2.75, 3.05) is 5.73 Å². The molecule has 0 aliphatic heterocycles. The molecule has 17 heavy (non-hydrogen) atoms.